The van der Waals surface area contributed by atoms with Crippen LogP contribution in [0.15, 0.2) is 18.2 Å². The molecule has 0 saturated carbocycles. The van der Waals surface area contributed by atoms with Crippen LogP contribution in [0.2, 0.25) is 0 Å². The lowest BCUT2D eigenvalue weighted by molar-refractivity contribution is 0.0985. The zero-order chi connectivity index (χ0) is 11.3. The Bertz CT molecular complexity index is 342. The molecule has 0 aliphatic carbocycles. The number of ether oxygens (including phenoxy) is 1. The molecule has 0 atom stereocenters. The van der Waals surface area contributed by atoms with E-state index < -0.39 is 0 Å². The SMILES string of the molecule is CCCc1ccc(OC)c(C(=O)CC)c1. The van der Waals surface area contributed by atoms with Crippen molar-refractivity contribution in [2.24, 2.45) is 0 Å². The second kappa shape index (κ2) is 5.54. The van der Waals surface area contributed by atoms with Crippen LogP contribution in [-0.4, -0.2) is 12.9 Å². The number of aryl methyl sites for hydroxylation is 1. The van der Waals surface area contributed by atoms with E-state index in [1.165, 1.54) is 5.56 Å². The molecule has 2 heteroatoms. The van der Waals surface area contributed by atoms with Crippen LogP contribution in [0.5, 0.6) is 5.75 Å². The Hall–Kier alpha value is -1.31. The number of methoxy groups -OCH3 is 1. The second-order valence-corrected chi connectivity index (χ2v) is 3.56. The largest absolute Gasteiger partial charge is 0.496 e. The number of Topliss-reactive ketones (excluding diaryl/α,β-unsaturated/α-hetero) is 1. The summed E-state index contributed by atoms with van der Waals surface area (Å²) < 4.78 is 5.18. The molecule has 0 fully saturated rings. The van der Waals surface area contributed by atoms with Gasteiger partial charge in [0.2, 0.25) is 0 Å². The minimum absolute atomic E-state index is 0.143. The summed E-state index contributed by atoms with van der Waals surface area (Å²) in [6, 6.07) is 5.86. The average Bonchev–Trinajstić information content (AvgIpc) is 2.28. The van der Waals surface area contributed by atoms with Gasteiger partial charge in [0.15, 0.2) is 5.78 Å². The van der Waals surface area contributed by atoms with Gasteiger partial charge < -0.3 is 4.74 Å². The third-order valence-electron chi connectivity index (χ3n) is 2.42. The molecular formula is C13H18O2. The first-order valence-electron chi connectivity index (χ1n) is 5.43. The minimum Gasteiger partial charge on any atom is -0.496 e. The first-order valence-corrected chi connectivity index (χ1v) is 5.43. The number of ketones is 1. The van der Waals surface area contributed by atoms with Gasteiger partial charge in [0.25, 0.3) is 0 Å². The van der Waals surface area contributed by atoms with Gasteiger partial charge in [0, 0.05) is 6.42 Å². The number of benzene rings is 1. The highest BCUT2D eigenvalue weighted by Crippen LogP contribution is 2.22. The van der Waals surface area contributed by atoms with E-state index in [0.29, 0.717) is 17.7 Å². The maximum atomic E-state index is 11.7. The van der Waals surface area contributed by atoms with Gasteiger partial charge in [0.05, 0.1) is 12.7 Å². The van der Waals surface area contributed by atoms with Crippen LogP contribution < -0.4 is 4.74 Å². The summed E-state index contributed by atoms with van der Waals surface area (Å²) >= 11 is 0. The summed E-state index contributed by atoms with van der Waals surface area (Å²) in [4.78, 5) is 11.7. The van der Waals surface area contributed by atoms with Crippen LogP contribution >= 0.6 is 0 Å². The summed E-state index contributed by atoms with van der Waals surface area (Å²) in [5, 5.41) is 0. The molecule has 82 valence electrons. The van der Waals surface area contributed by atoms with Gasteiger partial charge in [-0.05, 0) is 24.1 Å². The summed E-state index contributed by atoms with van der Waals surface area (Å²) in [7, 11) is 1.60. The molecule has 0 radical (unpaired) electrons. The molecular weight excluding hydrogens is 188 g/mol. The Morgan fingerprint density at radius 2 is 2.07 bits per heavy atom. The number of carbonyl (C=O) groups excluding carboxylic acids is 1. The van der Waals surface area contributed by atoms with Crippen LogP contribution in [0.25, 0.3) is 0 Å². The minimum atomic E-state index is 0.143. The van der Waals surface area contributed by atoms with Crippen molar-refractivity contribution in [2.45, 2.75) is 33.1 Å². The van der Waals surface area contributed by atoms with Gasteiger partial charge in [-0.15, -0.1) is 0 Å². The molecule has 0 unspecified atom stereocenters. The fraction of sp³-hybridized carbons (Fsp3) is 0.462. The van der Waals surface area contributed by atoms with Crippen LogP contribution in [0.3, 0.4) is 0 Å². The molecule has 1 aromatic carbocycles. The smallest absolute Gasteiger partial charge is 0.166 e. The van der Waals surface area contributed by atoms with E-state index in [0.717, 1.165) is 12.8 Å². The Morgan fingerprint density at radius 3 is 2.60 bits per heavy atom. The highest BCUT2D eigenvalue weighted by Gasteiger charge is 2.10. The lowest BCUT2D eigenvalue weighted by Gasteiger charge is -2.08. The Labute approximate surface area is 91.3 Å². The molecule has 0 N–H and O–H groups in total. The van der Waals surface area contributed by atoms with Gasteiger partial charge in [-0.25, -0.2) is 0 Å². The second-order valence-electron chi connectivity index (χ2n) is 3.56. The van der Waals surface area contributed by atoms with Crippen LogP contribution in [0.1, 0.15) is 42.6 Å². The van der Waals surface area contributed by atoms with Crippen molar-refractivity contribution < 1.29 is 9.53 Å². The molecule has 0 aromatic heterocycles. The number of rotatable bonds is 5. The standard InChI is InChI=1S/C13H18O2/c1-4-6-10-7-8-13(15-3)11(9-10)12(14)5-2/h7-9H,4-6H2,1-3H3. The first-order chi connectivity index (χ1) is 7.22. The van der Waals surface area contributed by atoms with Gasteiger partial charge in [-0.1, -0.05) is 26.3 Å². The summed E-state index contributed by atoms with van der Waals surface area (Å²) in [5.41, 5.74) is 1.92. The topological polar surface area (TPSA) is 26.3 Å². The summed E-state index contributed by atoms with van der Waals surface area (Å²) in [5.74, 6) is 0.825. The van der Waals surface area contributed by atoms with E-state index in [2.05, 4.69) is 6.92 Å². The van der Waals surface area contributed by atoms with E-state index in [1.54, 1.807) is 7.11 Å². The van der Waals surface area contributed by atoms with Gasteiger partial charge in [-0.3, -0.25) is 4.79 Å². The Morgan fingerprint density at radius 1 is 1.33 bits per heavy atom. The van der Waals surface area contributed by atoms with Crippen molar-refractivity contribution in [3.8, 4) is 5.75 Å². The Kier molecular flexibility index (Phi) is 4.35. The summed E-state index contributed by atoms with van der Waals surface area (Å²) in [6.07, 6.45) is 2.62. The van der Waals surface area contributed by atoms with E-state index in [-0.39, 0.29) is 5.78 Å². The molecule has 0 aliphatic rings. The highest BCUT2D eigenvalue weighted by atomic mass is 16.5. The molecule has 1 rings (SSSR count). The molecule has 0 bridgehead atoms. The van der Waals surface area contributed by atoms with Crippen molar-refractivity contribution >= 4 is 5.78 Å². The first kappa shape index (κ1) is 11.8. The molecule has 0 aliphatic heterocycles. The maximum Gasteiger partial charge on any atom is 0.166 e. The number of carbonyl (C=O) groups is 1. The molecule has 0 spiro atoms. The third-order valence-corrected chi connectivity index (χ3v) is 2.42. The van der Waals surface area contributed by atoms with Crippen LogP contribution in [0.4, 0.5) is 0 Å². The summed E-state index contributed by atoms with van der Waals surface area (Å²) in [6.45, 7) is 4.00. The quantitative estimate of drug-likeness (QED) is 0.691. The van der Waals surface area contributed by atoms with E-state index in [4.69, 9.17) is 4.74 Å². The molecule has 2 nitrogen and oxygen atoms in total. The monoisotopic (exact) mass is 206 g/mol. The van der Waals surface area contributed by atoms with E-state index in [1.807, 2.05) is 25.1 Å². The number of hydrogen-bond donors (Lipinski definition) is 0. The molecule has 0 amide bonds. The zero-order valence-electron chi connectivity index (χ0n) is 9.67. The Balaban J connectivity index is 3.07. The van der Waals surface area contributed by atoms with Crippen molar-refractivity contribution in [3.05, 3.63) is 29.3 Å². The van der Waals surface area contributed by atoms with Crippen LogP contribution in [0, 0.1) is 0 Å². The molecule has 15 heavy (non-hydrogen) atoms. The van der Waals surface area contributed by atoms with E-state index in [9.17, 15) is 4.79 Å². The highest BCUT2D eigenvalue weighted by molar-refractivity contribution is 5.98. The van der Waals surface area contributed by atoms with Gasteiger partial charge >= 0.3 is 0 Å². The normalized spacial score (nSPS) is 10.1. The average molecular weight is 206 g/mol. The predicted octanol–water partition coefficient (Wildman–Crippen LogP) is 3.24. The van der Waals surface area contributed by atoms with Crippen molar-refractivity contribution in [1.82, 2.24) is 0 Å². The lowest BCUT2D eigenvalue weighted by Crippen LogP contribution is -2.01. The van der Waals surface area contributed by atoms with Crippen molar-refractivity contribution in [2.75, 3.05) is 7.11 Å². The lowest BCUT2D eigenvalue weighted by atomic mass is 10.0. The molecule has 0 saturated heterocycles. The van der Waals surface area contributed by atoms with Crippen LogP contribution in [-0.2, 0) is 6.42 Å². The zero-order valence-corrected chi connectivity index (χ0v) is 9.67. The van der Waals surface area contributed by atoms with Gasteiger partial charge in [-0.2, -0.15) is 0 Å². The maximum absolute atomic E-state index is 11.7. The predicted molar refractivity (Wildman–Crippen MR) is 61.6 cm³/mol. The number of hydrogen-bond acceptors (Lipinski definition) is 2. The van der Waals surface area contributed by atoms with Crippen molar-refractivity contribution in [3.63, 3.8) is 0 Å². The van der Waals surface area contributed by atoms with Crippen molar-refractivity contribution in [1.29, 1.82) is 0 Å². The van der Waals surface area contributed by atoms with Gasteiger partial charge in [0.1, 0.15) is 5.75 Å². The fourth-order valence-electron chi connectivity index (χ4n) is 1.61. The molecule has 0 heterocycles. The fourth-order valence-corrected chi connectivity index (χ4v) is 1.61. The third kappa shape index (κ3) is 2.82. The van der Waals surface area contributed by atoms with E-state index >= 15 is 0 Å². The molecule has 1 aromatic rings.